The van der Waals surface area contributed by atoms with Crippen LogP contribution in [0.3, 0.4) is 0 Å². The molecule has 0 nitrogen and oxygen atoms in total. The van der Waals surface area contributed by atoms with Gasteiger partial charge < -0.3 is 0 Å². The Balaban J connectivity index is 0. The van der Waals surface area contributed by atoms with Crippen LogP contribution in [-0.2, 0) is 0 Å². The van der Waals surface area contributed by atoms with Crippen LogP contribution in [0.2, 0.25) is 0 Å². The normalized spacial score (nSPS) is 13.3. The Kier molecular flexibility index (Phi) is 15.9. The molecule has 0 N–H and O–H groups in total. The molecule has 74 valence electrons. The predicted molar refractivity (Wildman–Crippen MR) is 59.5 cm³/mol. The van der Waals surface area contributed by atoms with Crippen molar-refractivity contribution in [3.8, 4) is 0 Å². The lowest BCUT2D eigenvalue weighted by atomic mass is 10.2. The van der Waals surface area contributed by atoms with Gasteiger partial charge in [0.15, 0.2) is 0 Å². The van der Waals surface area contributed by atoms with Crippen LogP contribution < -0.4 is 0 Å². The molecule has 0 radical (unpaired) electrons. The van der Waals surface area contributed by atoms with E-state index in [1.54, 1.807) is 0 Å². The number of hydrogen-bond acceptors (Lipinski definition) is 0. The van der Waals surface area contributed by atoms with Crippen molar-refractivity contribution in [1.29, 1.82) is 0 Å². The third kappa shape index (κ3) is 16.4. The standard InChI is InChI=1S/C6H12.C4H8.C2H6/c1-2-3-6-4-5-6;1-3-4-2;1-2/h6H,2-5H2,1H3;3H,1,4H2,2H3;1-2H3. The quantitative estimate of drug-likeness (QED) is 0.533. The monoisotopic (exact) mass is 170 g/mol. The summed E-state index contributed by atoms with van der Waals surface area (Å²) in [5.74, 6) is 1.15. The Bertz CT molecular complexity index is 70.1. The highest BCUT2D eigenvalue weighted by Gasteiger charge is 2.18. The van der Waals surface area contributed by atoms with Gasteiger partial charge in [-0.3, -0.25) is 0 Å². The van der Waals surface area contributed by atoms with Crippen LogP contribution in [0.4, 0.5) is 0 Å². The van der Waals surface area contributed by atoms with E-state index in [0.29, 0.717) is 0 Å². The highest BCUT2D eigenvalue weighted by molar-refractivity contribution is 4.71. The molecule has 0 aromatic carbocycles. The lowest BCUT2D eigenvalue weighted by Gasteiger charge is -1.82. The highest BCUT2D eigenvalue weighted by atomic mass is 14.2. The molecule has 0 saturated heterocycles. The first-order valence-electron chi connectivity index (χ1n) is 5.46. The maximum atomic E-state index is 3.48. The Morgan fingerprint density at radius 1 is 1.25 bits per heavy atom. The van der Waals surface area contributed by atoms with Crippen molar-refractivity contribution in [1.82, 2.24) is 0 Å². The van der Waals surface area contributed by atoms with Crippen LogP contribution in [0.25, 0.3) is 0 Å². The summed E-state index contributed by atoms with van der Waals surface area (Å²) >= 11 is 0. The SMILES string of the molecule is C=CCC.CC.CCCC1CC1. The molecule has 0 aromatic heterocycles. The third-order valence-corrected chi connectivity index (χ3v) is 1.68. The lowest BCUT2D eigenvalue weighted by Crippen LogP contribution is -1.68. The molecule has 0 aromatic rings. The topological polar surface area (TPSA) is 0 Å². The van der Waals surface area contributed by atoms with Crippen LogP contribution in [0.1, 0.15) is 59.8 Å². The minimum Gasteiger partial charge on any atom is -0.103 e. The fourth-order valence-electron chi connectivity index (χ4n) is 0.815. The van der Waals surface area contributed by atoms with Crippen LogP contribution in [-0.4, -0.2) is 0 Å². The third-order valence-electron chi connectivity index (χ3n) is 1.68. The first kappa shape index (κ1) is 14.3. The van der Waals surface area contributed by atoms with E-state index >= 15 is 0 Å². The van der Waals surface area contributed by atoms with E-state index in [1.807, 2.05) is 19.9 Å². The first-order valence-corrected chi connectivity index (χ1v) is 5.46. The molecule has 1 rings (SSSR count). The van der Waals surface area contributed by atoms with Crippen molar-refractivity contribution in [3.05, 3.63) is 12.7 Å². The van der Waals surface area contributed by atoms with Crippen LogP contribution >= 0.6 is 0 Å². The molecule has 1 fully saturated rings. The molecule has 12 heavy (non-hydrogen) atoms. The van der Waals surface area contributed by atoms with E-state index in [-0.39, 0.29) is 0 Å². The zero-order valence-corrected chi connectivity index (χ0v) is 9.40. The summed E-state index contributed by atoms with van der Waals surface area (Å²) < 4.78 is 0. The average Bonchev–Trinajstić information content (AvgIpc) is 2.93. The van der Waals surface area contributed by atoms with Crippen molar-refractivity contribution in [3.63, 3.8) is 0 Å². The first-order chi connectivity index (χ1) is 5.85. The molecule has 0 unspecified atom stereocenters. The fraction of sp³-hybridized carbons (Fsp3) is 0.833. The van der Waals surface area contributed by atoms with Gasteiger partial charge in [0.25, 0.3) is 0 Å². The second-order valence-electron chi connectivity index (χ2n) is 2.93. The number of allylic oxidation sites excluding steroid dienone is 1. The minimum absolute atomic E-state index is 1.08. The fourth-order valence-corrected chi connectivity index (χ4v) is 0.815. The summed E-state index contributed by atoms with van der Waals surface area (Å²) in [6, 6.07) is 0. The summed E-state index contributed by atoms with van der Waals surface area (Å²) in [5, 5.41) is 0. The second-order valence-corrected chi connectivity index (χ2v) is 2.93. The Morgan fingerprint density at radius 3 is 1.75 bits per heavy atom. The van der Waals surface area contributed by atoms with E-state index in [9.17, 15) is 0 Å². The molecule has 1 aliphatic rings. The molecule has 0 amide bonds. The zero-order valence-electron chi connectivity index (χ0n) is 9.40. The van der Waals surface area contributed by atoms with Crippen molar-refractivity contribution in [2.75, 3.05) is 0 Å². The molecule has 0 spiro atoms. The Labute approximate surface area is 79.1 Å². The van der Waals surface area contributed by atoms with Gasteiger partial charge in [0, 0.05) is 0 Å². The van der Waals surface area contributed by atoms with E-state index in [2.05, 4.69) is 20.4 Å². The Morgan fingerprint density at radius 2 is 1.67 bits per heavy atom. The molecule has 0 heteroatoms. The maximum Gasteiger partial charge on any atom is -0.0382 e. The van der Waals surface area contributed by atoms with Gasteiger partial charge in [-0.15, -0.1) is 6.58 Å². The minimum atomic E-state index is 1.08. The summed E-state index contributed by atoms with van der Waals surface area (Å²) in [6.07, 6.45) is 8.88. The van der Waals surface area contributed by atoms with Gasteiger partial charge in [-0.25, -0.2) is 0 Å². The van der Waals surface area contributed by atoms with Gasteiger partial charge >= 0.3 is 0 Å². The van der Waals surface area contributed by atoms with Crippen molar-refractivity contribution in [2.24, 2.45) is 5.92 Å². The molecular formula is C12H26. The number of hydrogen-bond donors (Lipinski definition) is 0. The molecule has 0 atom stereocenters. The van der Waals surface area contributed by atoms with E-state index in [1.165, 1.54) is 25.7 Å². The van der Waals surface area contributed by atoms with Crippen molar-refractivity contribution in [2.45, 2.75) is 59.8 Å². The summed E-state index contributed by atoms with van der Waals surface area (Å²) in [5.41, 5.74) is 0. The smallest absolute Gasteiger partial charge is 0.0382 e. The molecule has 0 bridgehead atoms. The molecular weight excluding hydrogens is 144 g/mol. The van der Waals surface area contributed by atoms with Gasteiger partial charge in [-0.05, 0) is 12.3 Å². The molecule has 0 aliphatic heterocycles. The highest BCUT2D eigenvalue weighted by Crippen LogP contribution is 2.32. The summed E-state index contributed by atoms with van der Waals surface area (Å²) in [4.78, 5) is 0. The van der Waals surface area contributed by atoms with Gasteiger partial charge in [-0.2, -0.15) is 0 Å². The van der Waals surface area contributed by atoms with Gasteiger partial charge in [0.1, 0.15) is 0 Å². The predicted octanol–water partition coefficient (Wildman–Crippen LogP) is 4.81. The number of rotatable bonds is 3. The summed E-state index contributed by atoms with van der Waals surface area (Å²) in [7, 11) is 0. The van der Waals surface area contributed by atoms with Crippen LogP contribution in [0.5, 0.6) is 0 Å². The average molecular weight is 170 g/mol. The van der Waals surface area contributed by atoms with Gasteiger partial charge in [0.05, 0.1) is 0 Å². The van der Waals surface area contributed by atoms with Crippen molar-refractivity contribution >= 4 is 0 Å². The summed E-state index contributed by atoms with van der Waals surface area (Å²) in [6.45, 7) is 11.8. The second kappa shape index (κ2) is 13.3. The molecule has 0 heterocycles. The van der Waals surface area contributed by atoms with Crippen LogP contribution in [0.15, 0.2) is 12.7 Å². The van der Waals surface area contributed by atoms with E-state index in [0.717, 1.165) is 12.3 Å². The van der Waals surface area contributed by atoms with Crippen molar-refractivity contribution < 1.29 is 0 Å². The lowest BCUT2D eigenvalue weighted by molar-refractivity contribution is 0.708. The Hall–Kier alpha value is -0.260. The molecule has 1 aliphatic carbocycles. The zero-order chi connectivity index (χ0) is 9.82. The molecule has 1 saturated carbocycles. The maximum absolute atomic E-state index is 3.48. The van der Waals surface area contributed by atoms with E-state index < -0.39 is 0 Å². The van der Waals surface area contributed by atoms with E-state index in [4.69, 9.17) is 0 Å². The van der Waals surface area contributed by atoms with Crippen LogP contribution in [0, 0.1) is 5.92 Å². The largest absolute Gasteiger partial charge is 0.103 e. The van der Waals surface area contributed by atoms with Gasteiger partial charge in [0.2, 0.25) is 0 Å². The van der Waals surface area contributed by atoms with Gasteiger partial charge in [-0.1, -0.05) is 59.5 Å².